The number of methoxy groups -OCH3 is 1. The van der Waals surface area contributed by atoms with E-state index in [1.807, 2.05) is 109 Å². The Kier molecular flexibility index (Phi) is 8.96. The quantitative estimate of drug-likeness (QED) is 0.181. The molecule has 6 rings (SSSR count). The van der Waals surface area contributed by atoms with E-state index in [1.165, 1.54) is 11.3 Å². The first-order valence-corrected chi connectivity index (χ1v) is 15.5. The molecule has 0 spiro atoms. The van der Waals surface area contributed by atoms with Crippen LogP contribution in [0.15, 0.2) is 118 Å². The fourth-order valence-electron chi connectivity index (χ4n) is 5.13. The Bertz CT molecular complexity index is 2050. The van der Waals surface area contributed by atoms with Gasteiger partial charge in [-0.15, -0.1) is 0 Å². The van der Waals surface area contributed by atoms with Crippen LogP contribution >= 0.6 is 22.9 Å². The zero-order valence-corrected chi connectivity index (χ0v) is 26.2. The molecule has 0 bridgehead atoms. The molecule has 0 amide bonds. The molecule has 1 aliphatic heterocycles. The number of benzene rings is 4. The molecule has 0 radical (unpaired) electrons. The van der Waals surface area contributed by atoms with Gasteiger partial charge in [-0.05, 0) is 54.5 Å². The maximum absolute atomic E-state index is 14.1. The summed E-state index contributed by atoms with van der Waals surface area (Å²) in [5.74, 6) is 0.817. The molecule has 5 aromatic rings. The molecule has 1 atom stereocenters. The zero-order valence-electron chi connectivity index (χ0n) is 24.6. The van der Waals surface area contributed by atoms with Crippen LogP contribution in [0.3, 0.4) is 0 Å². The van der Waals surface area contributed by atoms with Gasteiger partial charge < -0.3 is 14.2 Å². The van der Waals surface area contributed by atoms with E-state index < -0.39 is 12.0 Å². The number of ether oxygens (including phenoxy) is 3. The number of rotatable bonds is 9. The Labute approximate surface area is 268 Å². The summed E-state index contributed by atoms with van der Waals surface area (Å²) in [6, 6.07) is 31.1. The highest BCUT2D eigenvalue weighted by Crippen LogP contribution is 2.35. The van der Waals surface area contributed by atoms with Gasteiger partial charge >= 0.3 is 5.97 Å². The molecule has 0 saturated heterocycles. The molecule has 0 unspecified atom stereocenters. The van der Waals surface area contributed by atoms with Gasteiger partial charge in [-0.25, -0.2) is 9.79 Å². The van der Waals surface area contributed by atoms with Crippen LogP contribution in [0.5, 0.6) is 11.5 Å². The second-order valence-corrected chi connectivity index (χ2v) is 11.6. The molecule has 4 aromatic carbocycles. The summed E-state index contributed by atoms with van der Waals surface area (Å²) in [5.41, 5.74) is 3.72. The first kappa shape index (κ1) is 30.1. The lowest BCUT2D eigenvalue weighted by Crippen LogP contribution is -2.40. The lowest BCUT2D eigenvalue weighted by Gasteiger charge is -2.26. The highest BCUT2D eigenvalue weighted by Gasteiger charge is 2.35. The smallest absolute Gasteiger partial charge is 0.338 e. The topological polar surface area (TPSA) is 79.1 Å². The monoisotopic (exact) mass is 636 g/mol. The minimum Gasteiger partial charge on any atom is -0.497 e. The van der Waals surface area contributed by atoms with Crippen LogP contribution in [0.2, 0.25) is 5.02 Å². The molecule has 7 nitrogen and oxygen atoms in total. The van der Waals surface area contributed by atoms with E-state index in [2.05, 4.69) is 0 Å². The molecule has 1 aromatic heterocycles. The number of esters is 1. The number of nitrogens with zero attached hydrogens (tertiary/aromatic N) is 2. The van der Waals surface area contributed by atoms with Crippen molar-refractivity contribution in [1.82, 2.24) is 4.57 Å². The van der Waals surface area contributed by atoms with Crippen LogP contribution in [0.4, 0.5) is 0 Å². The predicted molar refractivity (Wildman–Crippen MR) is 176 cm³/mol. The molecule has 226 valence electrons. The molecular formula is C36H29ClN2O5S. The van der Waals surface area contributed by atoms with Crippen LogP contribution in [0.1, 0.15) is 35.2 Å². The summed E-state index contributed by atoms with van der Waals surface area (Å²) in [7, 11) is 1.59. The van der Waals surface area contributed by atoms with Crippen molar-refractivity contribution in [3.8, 4) is 11.5 Å². The Morgan fingerprint density at radius 3 is 2.31 bits per heavy atom. The number of aromatic nitrogens is 1. The molecule has 0 aliphatic carbocycles. The van der Waals surface area contributed by atoms with Crippen molar-refractivity contribution >= 4 is 40.7 Å². The molecule has 2 heterocycles. The molecule has 0 N–H and O–H groups in total. The summed E-state index contributed by atoms with van der Waals surface area (Å²) in [4.78, 5) is 33.1. The molecule has 9 heteroatoms. The summed E-state index contributed by atoms with van der Waals surface area (Å²) in [6.07, 6.45) is 1.82. The first-order chi connectivity index (χ1) is 22.0. The molecular weight excluding hydrogens is 608 g/mol. The maximum Gasteiger partial charge on any atom is 0.338 e. The fourth-order valence-corrected chi connectivity index (χ4v) is 6.32. The number of fused-ring (bicyclic) bond motifs is 1. The van der Waals surface area contributed by atoms with E-state index in [-0.39, 0.29) is 12.2 Å². The van der Waals surface area contributed by atoms with Gasteiger partial charge in [0, 0.05) is 16.1 Å². The maximum atomic E-state index is 14.1. The van der Waals surface area contributed by atoms with E-state index in [9.17, 15) is 9.59 Å². The third-order valence-corrected chi connectivity index (χ3v) is 8.69. The second kappa shape index (κ2) is 13.4. The van der Waals surface area contributed by atoms with Crippen LogP contribution < -0.4 is 24.4 Å². The Morgan fingerprint density at radius 2 is 1.62 bits per heavy atom. The molecule has 45 heavy (non-hydrogen) atoms. The highest BCUT2D eigenvalue weighted by atomic mass is 35.5. The van der Waals surface area contributed by atoms with Gasteiger partial charge in [-0.3, -0.25) is 9.36 Å². The minimum atomic E-state index is -0.760. The van der Waals surface area contributed by atoms with Gasteiger partial charge in [0.1, 0.15) is 18.1 Å². The molecule has 1 aliphatic rings. The molecule has 0 saturated carbocycles. The van der Waals surface area contributed by atoms with E-state index in [1.54, 1.807) is 18.6 Å². The summed E-state index contributed by atoms with van der Waals surface area (Å²) < 4.78 is 18.9. The van der Waals surface area contributed by atoms with Gasteiger partial charge in [0.2, 0.25) is 0 Å². The third-order valence-electron chi connectivity index (χ3n) is 7.34. The fraction of sp³-hybridized carbons (Fsp3) is 0.139. The van der Waals surface area contributed by atoms with Gasteiger partial charge in [-0.1, -0.05) is 95.7 Å². The van der Waals surface area contributed by atoms with Crippen molar-refractivity contribution in [1.29, 1.82) is 0 Å². The lowest BCUT2D eigenvalue weighted by atomic mass is 9.93. The van der Waals surface area contributed by atoms with E-state index >= 15 is 0 Å². The average molecular weight is 637 g/mol. The second-order valence-electron chi connectivity index (χ2n) is 10.2. The predicted octanol–water partition coefficient (Wildman–Crippen LogP) is 6.18. The first-order valence-electron chi connectivity index (χ1n) is 14.4. The summed E-state index contributed by atoms with van der Waals surface area (Å²) in [6.45, 7) is 2.28. The number of carbonyl (C=O) groups excluding carboxylic acids is 1. The van der Waals surface area contributed by atoms with Crippen molar-refractivity contribution in [3.63, 3.8) is 0 Å². The number of thiazole rings is 1. The third kappa shape index (κ3) is 6.34. The van der Waals surface area contributed by atoms with E-state index in [0.717, 1.165) is 22.3 Å². The largest absolute Gasteiger partial charge is 0.497 e. The lowest BCUT2D eigenvalue weighted by molar-refractivity contribution is -0.138. The number of hydrogen-bond acceptors (Lipinski definition) is 7. The van der Waals surface area contributed by atoms with Gasteiger partial charge in [0.15, 0.2) is 4.80 Å². The Balaban J connectivity index is 1.44. The summed E-state index contributed by atoms with van der Waals surface area (Å²) >= 11 is 7.53. The van der Waals surface area contributed by atoms with Gasteiger partial charge in [0.25, 0.3) is 5.56 Å². The van der Waals surface area contributed by atoms with Crippen molar-refractivity contribution in [2.45, 2.75) is 19.6 Å². The normalized spacial score (nSPS) is 14.5. The average Bonchev–Trinajstić information content (AvgIpc) is 3.38. The van der Waals surface area contributed by atoms with Crippen molar-refractivity contribution < 1.29 is 19.0 Å². The van der Waals surface area contributed by atoms with Crippen LogP contribution in [-0.4, -0.2) is 24.3 Å². The minimum absolute atomic E-state index is 0.183. The zero-order chi connectivity index (χ0) is 31.3. The number of halogens is 1. The highest BCUT2D eigenvalue weighted by molar-refractivity contribution is 7.07. The van der Waals surface area contributed by atoms with E-state index in [4.69, 9.17) is 30.8 Å². The van der Waals surface area contributed by atoms with Crippen molar-refractivity contribution in [2.24, 2.45) is 4.99 Å². The van der Waals surface area contributed by atoms with Crippen molar-refractivity contribution in [3.05, 3.63) is 156 Å². The Morgan fingerprint density at radius 1 is 0.933 bits per heavy atom. The number of hydrogen-bond donors (Lipinski definition) is 0. The standard InChI is InChI=1S/C36H29ClN2O5S/c1-3-43-35(41)31-32(24-9-5-4-6-10-24)38-36-39(33(31)25-15-19-27(42-2)20-16-25)34(40)30(45-36)21-23-13-17-28(18-14-23)44-22-26-11-7-8-12-29(26)37/h4-21,33H,3,22H2,1-2H3/b30-21-/t33-/m0/s1. The SMILES string of the molecule is CCOC(=O)C1=C(c2ccccc2)N=c2s/c(=C\c3ccc(OCc4ccccc4Cl)cc3)c(=O)n2[C@H]1c1ccc(OC)cc1. The summed E-state index contributed by atoms with van der Waals surface area (Å²) in [5, 5.41) is 0.652. The van der Waals surface area contributed by atoms with Crippen LogP contribution in [0, 0.1) is 0 Å². The molecule has 0 fully saturated rings. The van der Waals surface area contributed by atoms with Gasteiger partial charge in [0.05, 0.1) is 35.6 Å². The number of carbonyl (C=O) groups is 1. The van der Waals surface area contributed by atoms with E-state index in [0.29, 0.717) is 43.7 Å². The van der Waals surface area contributed by atoms with Crippen LogP contribution in [0.25, 0.3) is 11.8 Å². The van der Waals surface area contributed by atoms with Crippen LogP contribution in [-0.2, 0) is 16.1 Å². The van der Waals surface area contributed by atoms with Crippen molar-refractivity contribution in [2.75, 3.05) is 13.7 Å². The Hall–Kier alpha value is -4.92. The van der Waals surface area contributed by atoms with Gasteiger partial charge in [-0.2, -0.15) is 0 Å².